The Kier molecular flexibility index (Phi) is 7.14. The van der Waals surface area contributed by atoms with Gasteiger partial charge in [0, 0.05) is 49.4 Å². The zero-order valence-electron chi connectivity index (χ0n) is 18.9. The highest BCUT2D eigenvalue weighted by atomic mass is 16.1. The van der Waals surface area contributed by atoms with Crippen molar-refractivity contribution in [2.75, 3.05) is 36.0 Å². The molecule has 1 aromatic heterocycles. The van der Waals surface area contributed by atoms with Crippen LogP contribution >= 0.6 is 0 Å². The fourth-order valence-electron chi connectivity index (χ4n) is 4.70. The molecular weight excluding hydrogens is 400 g/mol. The summed E-state index contributed by atoms with van der Waals surface area (Å²) in [5, 5.41) is 14.7. The van der Waals surface area contributed by atoms with Crippen LogP contribution in [0.1, 0.15) is 44.0 Å². The van der Waals surface area contributed by atoms with Crippen molar-refractivity contribution in [3.8, 4) is 0 Å². The molecule has 2 aromatic carbocycles. The van der Waals surface area contributed by atoms with E-state index in [4.69, 9.17) is 0 Å². The van der Waals surface area contributed by atoms with E-state index >= 15 is 0 Å². The van der Waals surface area contributed by atoms with Crippen molar-refractivity contribution in [1.29, 1.82) is 0 Å². The lowest BCUT2D eigenvalue weighted by molar-refractivity contribution is -0.121. The summed E-state index contributed by atoms with van der Waals surface area (Å²) in [6.45, 7) is 7.82. The van der Waals surface area contributed by atoms with Gasteiger partial charge in [-0.25, -0.2) is 0 Å². The Morgan fingerprint density at radius 1 is 0.969 bits per heavy atom. The van der Waals surface area contributed by atoms with Gasteiger partial charge in [-0.2, -0.15) is 5.21 Å². The van der Waals surface area contributed by atoms with E-state index in [2.05, 4.69) is 91.9 Å². The Bertz CT molecular complexity index is 965. The van der Waals surface area contributed by atoms with Crippen LogP contribution in [-0.2, 0) is 11.2 Å². The number of nitrogens with zero attached hydrogens (tertiary/aromatic N) is 5. The van der Waals surface area contributed by atoms with Crippen LogP contribution in [0.25, 0.3) is 0 Å². The zero-order valence-corrected chi connectivity index (χ0v) is 18.9. The number of aromatic amines is 1. The van der Waals surface area contributed by atoms with Gasteiger partial charge in [-0.3, -0.25) is 4.79 Å². The summed E-state index contributed by atoms with van der Waals surface area (Å²) < 4.78 is 0. The SMILES string of the molecule is CCC[C@H](C(C)=O)[C@H](Cc1ccc(N2CCN(c3ccccc3)CC2)cc1)c1nn[nH]n1. The Morgan fingerprint density at radius 3 is 2.12 bits per heavy atom. The van der Waals surface area contributed by atoms with Crippen molar-refractivity contribution in [3.05, 3.63) is 66.0 Å². The maximum absolute atomic E-state index is 12.4. The van der Waals surface area contributed by atoms with Crippen LogP contribution in [0.15, 0.2) is 54.6 Å². The molecule has 0 aliphatic carbocycles. The number of Topliss-reactive ketones (excluding diaryl/α,β-unsaturated/α-hetero) is 1. The van der Waals surface area contributed by atoms with Gasteiger partial charge in [0.15, 0.2) is 5.82 Å². The number of anilines is 2. The highest BCUT2D eigenvalue weighted by Gasteiger charge is 2.30. The van der Waals surface area contributed by atoms with E-state index in [1.54, 1.807) is 6.92 Å². The molecule has 2 atom stereocenters. The Labute approximate surface area is 189 Å². The number of rotatable bonds is 9. The first kappa shape index (κ1) is 22.0. The molecular formula is C25H32N6O. The van der Waals surface area contributed by atoms with Crippen molar-refractivity contribution in [1.82, 2.24) is 20.6 Å². The summed E-state index contributed by atoms with van der Waals surface area (Å²) in [5.41, 5.74) is 3.73. The molecule has 168 valence electrons. The maximum Gasteiger partial charge on any atom is 0.178 e. The first-order valence-corrected chi connectivity index (χ1v) is 11.5. The standard InChI is InChI=1S/C25H32N6O/c1-3-7-23(19(2)32)24(25-26-28-29-27-25)18-20-10-12-22(13-11-20)31-16-14-30(15-17-31)21-8-5-4-6-9-21/h4-6,8-13,23-24H,3,7,14-18H2,1-2H3,(H,26,27,28,29)/t23-,24+/m1/s1. The van der Waals surface area contributed by atoms with E-state index in [-0.39, 0.29) is 17.6 Å². The molecule has 2 heterocycles. The summed E-state index contributed by atoms with van der Waals surface area (Å²) in [4.78, 5) is 17.2. The molecule has 0 amide bonds. The lowest BCUT2D eigenvalue weighted by Crippen LogP contribution is -2.46. The molecule has 0 unspecified atom stereocenters. The molecule has 1 saturated heterocycles. The molecule has 4 rings (SSSR count). The minimum Gasteiger partial charge on any atom is -0.368 e. The number of benzene rings is 2. The first-order chi connectivity index (χ1) is 15.7. The van der Waals surface area contributed by atoms with Gasteiger partial charge in [0.2, 0.25) is 0 Å². The molecule has 3 aromatic rings. The van der Waals surface area contributed by atoms with Crippen LogP contribution in [0, 0.1) is 5.92 Å². The van der Waals surface area contributed by atoms with Gasteiger partial charge in [0.25, 0.3) is 0 Å². The molecule has 1 aliphatic heterocycles. The second kappa shape index (κ2) is 10.4. The summed E-state index contributed by atoms with van der Waals surface area (Å²) >= 11 is 0. The summed E-state index contributed by atoms with van der Waals surface area (Å²) in [6.07, 6.45) is 2.51. The molecule has 32 heavy (non-hydrogen) atoms. The van der Waals surface area contributed by atoms with Crippen LogP contribution < -0.4 is 9.80 Å². The minimum absolute atomic E-state index is 0.0635. The summed E-state index contributed by atoms with van der Waals surface area (Å²) in [7, 11) is 0. The van der Waals surface area contributed by atoms with Gasteiger partial charge < -0.3 is 9.80 Å². The highest BCUT2D eigenvalue weighted by molar-refractivity contribution is 5.79. The Hall–Kier alpha value is -3.22. The van der Waals surface area contributed by atoms with Crippen LogP contribution in [0.3, 0.4) is 0 Å². The van der Waals surface area contributed by atoms with Crippen molar-refractivity contribution in [2.45, 2.75) is 39.0 Å². The molecule has 0 radical (unpaired) electrons. The fraction of sp³-hybridized carbons (Fsp3) is 0.440. The number of piperazine rings is 1. The number of para-hydroxylation sites is 1. The Morgan fingerprint density at radius 2 is 1.59 bits per heavy atom. The second-order valence-electron chi connectivity index (χ2n) is 8.56. The minimum atomic E-state index is -0.0941. The molecule has 7 heteroatoms. The Balaban J connectivity index is 1.42. The zero-order chi connectivity index (χ0) is 22.3. The van der Waals surface area contributed by atoms with E-state index in [1.807, 2.05) is 0 Å². The normalized spacial score (nSPS) is 16.1. The number of carbonyl (C=O) groups excluding carboxylic acids is 1. The monoisotopic (exact) mass is 432 g/mol. The molecule has 1 N–H and O–H groups in total. The van der Waals surface area contributed by atoms with E-state index < -0.39 is 0 Å². The van der Waals surface area contributed by atoms with Crippen LogP contribution in [-0.4, -0.2) is 52.6 Å². The predicted molar refractivity (Wildman–Crippen MR) is 127 cm³/mol. The molecule has 0 spiro atoms. The molecule has 1 aliphatic rings. The number of nitrogens with one attached hydrogen (secondary N) is 1. The van der Waals surface area contributed by atoms with Crippen molar-refractivity contribution in [3.63, 3.8) is 0 Å². The van der Waals surface area contributed by atoms with E-state index in [9.17, 15) is 4.79 Å². The lowest BCUT2D eigenvalue weighted by Gasteiger charge is -2.37. The number of H-pyrrole nitrogens is 1. The molecule has 0 saturated carbocycles. The number of tetrazole rings is 1. The maximum atomic E-state index is 12.4. The molecule has 7 nitrogen and oxygen atoms in total. The van der Waals surface area contributed by atoms with Crippen molar-refractivity contribution in [2.24, 2.45) is 5.92 Å². The number of ketones is 1. The van der Waals surface area contributed by atoms with E-state index in [1.165, 1.54) is 16.9 Å². The molecule has 1 fully saturated rings. The quantitative estimate of drug-likeness (QED) is 0.553. The number of carbonyl (C=O) groups is 1. The third kappa shape index (κ3) is 5.15. The van der Waals surface area contributed by atoms with Gasteiger partial charge in [0.1, 0.15) is 5.78 Å². The van der Waals surface area contributed by atoms with E-state index in [0.717, 1.165) is 45.4 Å². The van der Waals surface area contributed by atoms with Gasteiger partial charge in [-0.15, -0.1) is 10.2 Å². The first-order valence-electron chi connectivity index (χ1n) is 11.5. The number of hydrogen-bond donors (Lipinski definition) is 1. The fourth-order valence-corrected chi connectivity index (χ4v) is 4.70. The molecule has 0 bridgehead atoms. The van der Waals surface area contributed by atoms with Crippen molar-refractivity contribution < 1.29 is 4.79 Å². The van der Waals surface area contributed by atoms with Crippen LogP contribution in [0.4, 0.5) is 11.4 Å². The topological polar surface area (TPSA) is 78.0 Å². The predicted octanol–water partition coefficient (Wildman–Crippen LogP) is 3.86. The van der Waals surface area contributed by atoms with Crippen molar-refractivity contribution >= 4 is 17.2 Å². The van der Waals surface area contributed by atoms with Crippen LogP contribution in [0.5, 0.6) is 0 Å². The van der Waals surface area contributed by atoms with Crippen LogP contribution in [0.2, 0.25) is 0 Å². The largest absolute Gasteiger partial charge is 0.368 e. The average Bonchev–Trinajstić information content (AvgIpc) is 3.37. The number of hydrogen-bond acceptors (Lipinski definition) is 6. The van der Waals surface area contributed by atoms with Gasteiger partial charge in [-0.05, 0) is 49.6 Å². The average molecular weight is 433 g/mol. The third-order valence-corrected chi connectivity index (χ3v) is 6.46. The lowest BCUT2D eigenvalue weighted by atomic mass is 9.81. The second-order valence-corrected chi connectivity index (χ2v) is 8.56. The third-order valence-electron chi connectivity index (χ3n) is 6.46. The summed E-state index contributed by atoms with van der Waals surface area (Å²) in [6, 6.07) is 19.4. The van der Waals surface area contributed by atoms with Gasteiger partial charge in [0.05, 0.1) is 0 Å². The number of aromatic nitrogens is 4. The van der Waals surface area contributed by atoms with Gasteiger partial charge >= 0.3 is 0 Å². The highest BCUT2D eigenvalue weighted by Crippen LogP contribution is 2.31. The smallest absolute Gasteiger partial charge is 0.178 e. The van der Waals surface area contributed by atoms with Gasteiger partial charge in [-0.1, -0.05) is 48.9 Å². The summed E-state index contributed by atoms with van der Waals surface area (Å²) in [5.74, 6) is 0.657. The van der Waals surface area contributed by atoms with E-state index in [0.29, 0.717) is 5.82 Å².